The van der Waals surface area contributed by atoms with E-state index in [2.05, 4.69) is 18.2 Å². The second-order valence-electron chi connectivity index (χ2n) is 4.68. The van der Waals surface area contributed by atoms with Gasteiger partial charge in [0.25, 0.3) is 0 Å². The summed E-state index contributed by atoms with van der Waals surface area (Å²) in [5.74, 6) is 0.0361. The number of nitriles is 1. The Hall–Kier alpha value is -2.11. The monoisotopic (exact) mass is 235 g/mol. The molecule has 18 heavy (non-hydrogen) atoms. The zero-order valence-electron chi connectivity index (χ0n) is 9.88. The Bertz CT molecular complexity index is 610. The van der Waals surface area contributed by atoms with Crippen molar-refractivity contribution in [2.45, 2.75) is 18.4 Å². The molecule has 0 radical (unpaired) electrons. The average Bonchev–Trinajstić information content (AvgIpc) is 2.75. The molecule has 1 aliphatic carbocycles. The van der Waals surface area contributed by atoms with E-state index in [1.165, 1.54) is 11.1 Å². The maximum atomic E-state index is 10.2. The molecule has 2 unspecified atom stereocenters. The van der Waals surface area contributed by atoms with E-state index in [0.29, 0.717) is 12.0 Å². The third-order valence-electron chi connectivity index (χ3n) is 3.60. The minimum absolute atomic E-state index is 0.0361. The number of fused-ring (bicyclic) bond motifs is 1. The van der Waals surface area contributed by atoms with Crippen LogP contribution in [-0.4, -0.2) is 11.2 Å². The Morgan fingerprint density at radius 3 is 2.50 bits per heavy atom. The van der Waals surface area contributed by atoms with Crippen molar-refractivity contribution in [2.75, 3.05) is 0 Å². The lowest BCUT2D eigenvalue weighted by Crippen LogP contribution is -2.14. The summed E-state index contributed by atoms with van der Waals surface area (Å²) in [6.07, 6.45) is 0.344. The molecule has 0 saturated heterocycles. The van der Waals surface area contributed by atoms with Crippen LogP contribution in [0.5, 0.6) is 0 Å². The molecule has 2 atom stereocenters. The van der Waals surface area contributed by atoms with Crippen molar-refractivity contribution in [1.82, 2.24) is 0 Å². The van der Waals surface area contributed by atoms with Gasteiger partial charge in [-0.3, -0.25) is 0 Å². The van der Waals surface area contributed by atoms with E-state index in [0.717, 1.165) is 5.56 Å². The summed E-state index contributed by atoms with van der Waals surface area (Å²) < 4.78 is 0. The topological polar surface area (TPSA) is 44.0 Å². The Kier molecular flexibility index (Phi) is 2.62. The molecule has 1 N–H and O–H groups in total. The number of hydrogen-bond donors (Lipinski definition) is 1. The van der Waals surface area contributed by atoms with Gasteiger partial charge in [-0.05, 0) is 35.2 Å². The molecule has 0 spiro atoms. The number of aliphatic hydroxyl groups excluding tert-OH is 1. The van der Waals surface area contributed by atoms with E-state index in [9.17, 15) is 5.11 Å². The van der Waals surface area contributed by atoms with Crippen LogP contribution in [0.3, 0.4) is 0 Å². The summed E-state index contributed by atoms with van der Waals surface area (Å²) >= 11 is 0. The first-order chi connectivity index (χ1) is 8.79. The maximum Gasteiger partial charge on any atom is 0.0991 e. The molecule has 2 nitrogen and oxygen atoms in total. The Morgan fingerprint density at radius 2 is 1.78 bits per heavy atom. The third kappa shape index (κ3) is 1.70. The van der Waals surface area contributed by atoms with Gasteiger partial charge in [-0.15, -0.1) is 0 Å². The summed E-state index contributed by atoms with van der Waals surface area (Å²) in [7, 11) is 0. The van der Waals surface area contributed by atoms with Crippen LogP contribution in [0.15, 0.2) is 48.5 Å². The lowest BCUT2D eigenvalue weighted by atomic mass is 9.91. The van der Waals surface area contributed by atoms with E-state index in [-0.39, 0.29) is 12.0 Å². The zero-order chi connectivity index (χ0) is 12.5. The number of rotatable bonds is 1. The third-order valence-corrected chi connectivity index (χ3v) is 3.60. The maximum absolute atomic E-state index is 10.2. The lowest BCUT2D eigenvalue weighted by Gasteiger charge is -2.16. The molecule has 2 aromatic carbocycles. The first-order valence-electron chi connectivity index (χ1n) is 6.05. The van der Waals surface area contributed by atoms with E-state index >= 15 is 0 Å². The summed E-state index contributed by atoms with van der Waals surface area (Å²) in [6.45, 7) is 0. The van der Waals surface area contributed by atoms with E-state index < -0.39 is 0 Å². The SMILES string of the molecule is N#Cc1ccc(C2c3ccccc3CC2O)cc1. The molecular weight excluding hydrogens is 222 g/mol. The van der Waals surface area contributed by atoms with E-state index in [1.807, 2.05) is 36.4 Å². The van der Waals surface area contributed by atoms with Gasteiger partial charge in [0.1, 0.15) is 0 Å². The Morgan fingerprint density at radius 1 is 1.06 bits per heavy atom. The molecule has 0 saturated carbocycles. The van der Waals surface area contributed by atoms with Gasteiger partial charge in [0.05, 0.1) is 17.7 Å². The fraction of sp³-hybridized carbons (Fsp3) is 0.188. The van der Waals surface area contributed by atoms with Crippen molar-refractivity contribution in [3.63, 3.8) is 0 Å². The van der Waals surface area contributed by atoms with Crippen LogP contribution in [0.1, 0.15) is 28.2 Å². The molecule has 0 bridgehead atoms. The van der Waals surface area contributed by atoms with Gasteiger partial charge in [0.15, 0.2) is 0 Å². The minimum Gasteiger partial charge on any atom is -0.392 e. The van der Waals surface area contributed by atoms with Crippen LogP contribution in [-0.2, 0) is 6.42 Å². The fourth-order valence-electron chi connectivity index (χ4n) is 2.74. The van der Waals surface area contributed by atoms with Gasteiger partial charge in [-0.1, -0.05) is 36.4 Å². The lowest BCUT2D eigenvalue weighted by molar-refractivity contribution is 0.169. The molecular formula is C16H13NO. The van der Waals surface area contributed by atoms with Crippen LogP contribution in [0.4, 0.5) is 0 Å². The van der Waals surface area contributed by atoms with Crippen molar-refractivity contribution in [2.24, 2.45) is 0 Å². The van der Waals surface area contributed by atoms with Crippen molar-refractivity contribution in [3.05, 3.63) is 70.8 Å². The fourth-order valence-corrected chi connectivity index (χ4v) is 2.74. The smallest absolute Gasteiger partial charge is 0.0991 e. The zero-order valence-corrected chi connectivity index (χ0v) is 9.88. The molecule has 0 amide bonds. The first kappa shape index (κ1) is 11.0. The predicted molar refractivity (Wildman–Crippen MR) is 69.2 cm³/mol. The number of aliphatic hydroxyl groups is 1. The second-order valence-corrected chi connectivity index (χ2v) is 4.68. The molecule has 88 valence electrons. The molecule has 2 heteroatoms. The largest absolute Gasteiger partial charge is 0.392 e. The second kappa shape index (κ2) is 4.29. The molecule has 3 rings (SSSR count). The van der Waals surface area contributed by atoms with Crippen LogP contribution in [0.2, 0.25) is 0 Å². The van der Waals surface area contributed by atoms with Crippen molar-refractivity contribution in [1.29, 1.82) is 5.26 Å². The summed E-state index contributed by atoms with van der Waals surface area (Å²) in [5.41, 5.74) is 4.15. The molecule has 2 aromatic rings. The molecule has 0 heterocycles. The van der Waals surface area contributed by atoms with Gasteiger partial charge in [-0.25, -0.2) is 0 Å². The normalized spacial score (nSPS) is 21.3. The van der Waals surface area contributed by atoms with Crippen molar-refractivity contribution >= 4 is 0 Å². The molecule has 0 fully saturated rings. The van der Waals surface area contributed by atoms with Crippen molar-refractivity contribution in [3.8, 4) is 6.07 Å². The van der Waals surface area contributed by atoms with Crippen LogP contribution in [0.25, 0.3) is 0 Å². The highest BCUT2D eigenvalue weighted by Gasteiger charge is 2.31. The number of benzene rings is 2. The highest BCUT2D eigenvalue weighted by Crippen LogP contribution is 2.38. The Balaban J connectivity index is 2.04. The highest BCUT2D eigenvalue weighted by atomic mass is 16.3. The van der Waals surface area contributed by atoms with Gasteiger partial charge in [-0.2, -0.15) is 5.26 Å². The van der Waals surface area contributed by atoms with Crippen LogP contribution >= 0.6 is 0 Å². The van der Waals surface area contributed by atoms with Crippen molar-refractivity contribution < 1.29 is 5.11 Å². The number of nitrogens with zero attached hydrogens (tertiary/aromatic N) is 1. The quantitative estimate of drug-likeness (QED) is 0.825. The van der Waals surface area contributed by atoms with Gasteiger partial charge >= 0.3 is 0 Å². The van der Waals surface area contributed by atoms with Crippen LogP contribution in [0, 0.1) is 11.3 Å². The molecule has 0 aromatic heterocycles. The standard InChI is InChI=1S/C16H13NO/c17-10-11-5-7-12(8-6-11)16-14-4-2-1-3-13(14)9-15(16)18/h1-8,15-16,18H,9H2. The Labute approximate surface area is 106 Å². The van der Waals surface area contributed by atoms with Crippen LogP contribution < -0.4 is 0 Å². The summed E-state index contributed by atoms with van der Waals surface area (Å²) in [5, 5.41) is 19.0. The van der Waals surface area contributed by atoms with E-state index in [1.54, 1.807) is 0 Å². The summed E-state index contributed by atoms with van der Waals surface area (Å²) in [4.78, 5) is 0. The first-order valence-corrected chi connectivity index (χ1v) is 6.05. The van der Waals surface area contributed by atoms with E-state index in [4.69, 9.17) is 5.26 Å². The van der Waals surface area contributed by atoms with Gasteiger partial charge in [0.2, 0.25) is 0 Å². The highest BCUT2D eigenvalue weighted by molar-refractivity contribution is 5.45. The minimum atomic E-state index is -0.365. The van der Waals surface area contributed by atoms with Gasteiger partial charge in [0, 0.05) is 5.92 Å². The summed E-state index contributed by atoms with van der Waals surface area (Å²) in [6, 6.07) is 17.8. The molecule has 1 aliphatic rings. The average molecular weight is 235 g/mol. The predicted octanol–water partition coefficient (Wildman–Crippen LogP) is 2.61. The molecule has 0 aliphatic heterocycles. The van der Waals surface area contributed by atoms with Gasteiger partial charge < -0.3 is 5.11 Å². The number of hydrogen-bond acceptors (Lipinski definition) is 2.